The van der Waals surface area contributed by atoms with Crippen LogP contribution in [0.4, 0.5) is 0 Å². The van der Waals surface area contributed by atoms with Crippen LogP contribution in [0.2, 0.25) is 0 Å². The van der Waals surface area contributed by atoms with E-state index in [4.69, 9.17) is 19.6 Å². The van der Waals surface area contributed by atoms with Gasteiger partial charge in [-0.3, -0.25) is 4.79 Å². The molecule has 47 heavy (non-hydrogen) atoms. The Morgan fingerprint density at radius 3 is 2.32 bits per heavy atom. The summed E-state index contributed by atoms with van der Waals surface area (Å²) in [5.74, 6) is 2.37. The van der Waals surface area contributed by atoms with E-state index in [1.54, 1.807) is 12.3 Å². The molecule has 238 valence electrons. The highest BCUT2D eigenvalue weighted by Gasteiger charge is 2.19. The number of benzene rings is 4. The third-order valence-electron chi connectivity index (χ3n) is 8.40. The normalized spacial score (nSPS) is 11.6. The third-order valence-corrected chi connectivity index (χ3v) is 8.40. The SMILES string of the molecule is CCOc1cc(C)c(-c2nc3ccccc3c(=O)n2N=Cc2cc(C)n(-c3ccc(OCc4ccccc4)cc3)c2C)cc1C(C)C. The standard InChI is InChI=1S/C40H40N4O3/c1-7-46-38-21-27(4)36(23-35(38)26(2)3)39-42-37-16-12-11-15-34(37)40(45)44(39)41-24-31-22-28(5)43(29(31)6)32-17-19-33(20-18-32)47-25-30-13-9-8-10-14-30/h8-24,26H,7,25H2,1-6H3. The largest absolute Gasteiger partial charge is 0.494 e. The molecular formula is C40H40N4O3. The van der Waals surface area contributed by atoms with Gasteiger partial charge in [0.1, 0.15) is 18.1 Å². The number of fused-ring (bicyclic) bond motifs is 1. The minimum atomic E-state index is -0.221. The van der Waals surface area contributed by atoms with E-state index in [0.717, 1.165) is 56.4 Å². The summed E-state index contributed by atoms with van der Waals surface area (Å²) < 4.78 is 15.6. The van der Waals surface area contributed by atoms with Crippen molar-refractivity contribution in [2.24, 2.45) is 5.10 Å². The number of hydrogen-bond acceptors (Lipinski definition) is 5. The van der Waals surface area contributed by atoms with E-state index >= 15 is 0 Å². The van der Waals surface area contributed by atoms with E-state index in [2.05, 4.69) is 68.7 Å². The van der Waals surface area contributed by atoms with Crippen LogP contribution in [0, 0.1) is 20.8 Å². The van der Waals surface area contributed by atoms with Crippen LogP contribution < -0.4 is 15.0 Å². The highest BCUT2D eigenvalue weighted by atomic mass is 16.5. The minimum Gasteiger partial charge on any atom is -0.494 e. The molecule has 0 aliphatic rings. The maximum absolute atomic E-state index is 14.0. The molecule has 0 N–H and O–H groups in total. The lowest BCUT2D eigenvalue weighted by Crippen LogP contribution is -2.21. The Balaban J connectivity index is 1.37. The van der Waals surface area contributed by atoms with E-state index in [1.807, 2.05) is 68.4 Å². The van der Waals surface area contributed by atoms with Crippen molar-refractivity contribution in [2.75, 3.05) is 6.61 Å². The highest BCUT2D eigenvalue weighted by molar-refractivity contribution is 5.84. The fourth-order valence-electron chi connectivity index (χ4n) is 5.94. The lowest BCUT2D eigenvalue weighted by Gasteiger charge is -2.18. The molecule has 0 saturated heterocycles. The van der Waals surface area contributed by atoms with Gasteiger partial charge in [0.2, 0.25) is 0 Å². The van der Waals surface area contributed by atoms with Crippen molar-refractivity contribution < 1.29 is 9.47 Å². The Morgan fingerprint density at radius 1 is 0.872 bits per heavy atom. The summed E-state index contributed by atoms with van der Waals surface area (Å²) in [6.07, 6.45) is 1.75. The van der Waals surface area contributed by atoms with E-state index in [1.165, 1.54) is 4.68 Å². The molecule has 7 heteroatoms. The molecule has 0 atom stereocenters. The van der Waals surface area contributed by atoms with Gasteiger partial charge in [-0.1, -0.05) is 56.3 Å². The molecule has 0 aliphatic heterocycles. The lowest BCUT2D eigenvalue weighted by molar-refractivity contribution is 0.306. The van der Waals surface area contributed by atoms with Gasteiger partial charge in [-0.15, -0.1) is 0 Å². The number of para-hydroxylation sites is 1. The van der Waals surface area contributed by atoms with Gasteiger partial charge >= 0.3 is 0 Å². The number of nitrogens with zero attached hydrogens (tertiary/aromatic N) is 4. The Labute approximate surface area is 275 Å². The van der Waals surface area contributed by atoms with Crippen molar-refractivity contribution in [1.29, 1.82) is 0 Å². The zero-order chi connectivity index (χ0) is 33.1. The second-order valence-electron chi connectivity index (χ2n) is 12.0. The second kappa shape index (κ2) is 13.5. The third kappa shape index (κ3) is 6.47. The average Bonchev–Trinajstić information content (AvgIpc) is 3.36. The second-order valence-corrected chi connectivity index (χ2v) is 12.0. The Morgan fingerprint density at radius 2 is 1.60 bits per heavy atom. The molecule has 7 nitrogen and oxygen atoms in total. The first-order valence-electron chi connectivity index (χ1n) is 16.0. The quantitative estimate of drug-likeness (QED) is 0.143. The van der Waals surface area contributed by atoms with E-state index in [0.29, 0.717) is 29.9 Å². The maximum atomic E-state index is 14.0. The molecule has 6 aromatic rings. The van der Waals surface area contributed by atoms with Crippen molar-refractivity contribution in [3.8, 4) is 28.6 Å². The van der Waals surface area contributed by atoms with Crippen LogP contribution >= 0.6 is 0 Å². The smallest absolute Gasteiger partial charge is 0.282 e. The Kier molecular flexibility index (Phi) is 9.07. The molecule has 2 aromatic heterocycles. The predicted molar refractivity (Wildman–Crippen MR) is 190 cm³/mol. The summed E-state index contributed by atoms with van der Waals surface area (Å²) in [5, 5.41) is 5.32. The number of hydrogen-bond donors (Lipinski definition) is 0. The molecule has 0 saturated carbocycles. The zero-order valence-corrected chi connectivity index (χ0v) is 27.8. The van der Waals surface area contributed by atoms with Gasteiger partial charge in [0.15, 0.2) is 5.82 Å². The van der Waals surface area contributed by atoms with Crippen molar-refractivity contribution in [3.05, 3.63) is 141 Å². The zero-order valence-electron chi connectivity index (χ0n) is 27.8. The fourth-order valence-corrected chi connectivity index (χ4v) is 5.94. The highest BCUT2D eigenvalue weighted by Crippen LogP contribution is 2.34. The van der Waals surface area contributed by atoms with Gasteiger partial charge < -0.3 is 14.0 Å². The minimum absolute atomic E-state index is 0.218. The molecule has 4 aromatic carbocycles. The van der Waals surface area contributed by atoms with Crippen molar-refractivity contribution in [1.82, 2.24) is 14.2 Å². The van der Waals surface area contributed by atoms with Gasteiger partial charge in [0.05, 0.1) is 23.7 Å². The van der Waals surface area contributed by atoms with Crippen LogP contribution in [-0.4, -0.2) is 27.0 Å². The molecule has 0 aliphatic carbocycles. The fraction of sp³-hybridized carbons (Fsp3) is 0.225. The van der Waals surface area contributed by atoms with Crippen LogP contribution in [0.15, 0.2) is 107 Å². The lowest BCUT2D eigenvalue weighted by atomic mass is 9.96. The molecule has 0 unspecified atom stereocenters. The molecule has 0 amide bonds. The predicted octanol–water partition coefficient (Wildman–Crippen LogP) is 8.76. The van der Waals surface area contributed by atoms with Crippen molar-refractivity contribution in [3.63, 3.8) is 0 Å². The number of ether oxygens (including phenoxy) is 2. The summed E-state index contributed by atoms with van der Waals surface area (Å²) >= 11 is 0. The number of aryl methyl sites for hydroxylation is 2. The summed E-state index contributed by atoms with van der Waals surface area (Å²) in [5.41, 5.74) is 8.38. The molecule has 0 radical (unpaired) electrons. The summed E-state index contributed by atoms with van der Waals surface area (Å²) in [6, 6.07) is 31.8. The van der Waals surface area contributed by atoms with E-state index in [-0.39, 0.29) is 11.5 Å². The Bertz CT molecular complexity index is 2120. The van der Waals surface area contributed by atoms with Gasteiger partial charge in [0.25, 0.3) is 5.56 Å². The number of aromatic nitrogens is 3. The summed E-state index contributed by atoms with van der Waals surface area (Å²) in [4.78, 5) is 18.9. The van der Waals surface area contributed by atoms with Gasteiger partial charge in [-0.2, -0.15) is 9.78 Å². The first kappa shape index (κ1) is 31.5. The molecule has 0 spiro atoms. The van der Waals surface area contributed by atoms with Crippen LogP contribution in [0.1, 0.15) is 60.3 Å². The first-order chi connectivity index (χ1) is 22.7. The average molecular weight is 625 g/mol. The van der Waals surface area contributed by atoms with Gasteiger partial charge in [-0.05, 0) is 105 Å². The Hall–Kier alpha value is -5.43. The summed E-state index contributed by atoms with van der Waals surface area (Å²) in [7, 11) is 0. The van der Waals surface area contributed by atoms with E-state index in [9.17, 15) is 4.79 Å². The molecule has 0 bridgehead atoms. The molecule has 0 fully saturated rings. The maximum Gasteiger partial charge on any atom is 0.282 e. The van der Waals surface area contributed by atoms with Crippen molar-refractivity contribution in [2.45, 2.75) is 54.1 Å². The van der Waals surface area contributed by atoms with Gasteiger partial charge in [-0.25, -0.2) is 4.98 Å². The summed E-state index contributed by atoms with van der Waals surface area (Å²) in [6.45, 7) is 13.5. The molecular weight excluding hydrogens is 584 g/mol. The first-order valence-corrected chi connectivity index (χ1v) is 16.0. The van der Waals surface area contributed by atoms with Crippen molar-refractivity contribution >= 4 is 17.1 Å². The molecule has 2 heterocycles. The number of rotatable bonds is 10. The monoisotopic (exact) mass is 624 g/mol. The van der Waals surface area contributed by atoms with Crippen LogP contribution in [0.25, 0.3) is 28.0 Å². The van der Waals surface area contributed by atoms with Crippen LogP contribution in [0.5, 0.6) is 11.5 Å². The van der Waals surface area contributed by atoms with Crippen LogP contribution in [0.3, 0.4) is 0 Å². The van der Waals surface area contributed by atoms with Gasteiger partial charge in [0, 0.05) is 28.2 Å². The topological polar surface area (TPSA) is 70.6 Å². The molecule has 6 rings (SSSR count). The van der Waals surface area contributed by atoms with E-state index < -0.39 is 0 Å². The van der Waals surface area contributed by atoms with Crippen LogP contribution in [-0.2, 0) is 6.61 Å².